The summed E-state index contributed by atoms with van der Waals surface area (Å²) in [5.74, 6) is -3.09. The van der Waals surface area contributed by atoms with Gasteiger partial charge in [0.15, 0.2) is 11.6 Å². The molecule has 1 aliphatic heterocycles. The molecule has 1 aliphatic rings. The Balaban J connectivity index is 1.58. The molecule has 0 aromatic heterocycles. The lowest BCUT2D eigenvalue weighted by molar-refractivity contribution is 0.0890. The van der Waals surface area contributed by atoms with E-state index in [0.29, 0.717) is 11.1 Å². The zero-order valence-corrected chi connectivity index (χ0v) is 19.8. The van der Waals surface area contributed by atoms with E-state index in [4.69, 9.17) is 4.74 Å². The van der Waals surface area contributed by atoms with Crippen molar-refractivity contribution in [3.8, 4) is 34.5 Å². The van der Waals surface area contributed by atoms with Crippen LogP contribution in [0.5, 0.6) is 34.5 Å². The van der Waals surface area contributed by atoms with Gasteiger partial charge >= 0.3 is 0 Å². The molecule has 1 heterocycles. The van der Waals surface area contributed by atoms with E-state index in [-0.39, 0.29) is 39.7 Å². The molecule has 0 radical (unpaired) electrons. The average Bonchev–Trinajstić information content (AvgIpc) is 3.29. The summed E-state index contributed by atoms with van der Waals surface area (Å²) in [4.78, 5) is 26.8. The Morgan fingerprint density at radius 1 is 0.711 bits per heavy atom. The number of phenols is 5. The number of ether oxygens (including phenoxy) is 1. The summed E-state index contributed by atoms with van der Waals surface area (Å²) in [6, 6.07) is 18.7. The molecule has 38 heavy (non-hydrogen) atoms. The van der Waals surface area contributed by atoms with Crippen LogP contribution in [0.25, 0.3) is 6.08 Å². The van der Waals surface area contributed by atoms with Gasteiger partial charge in [0.25, 0.3) is 0 Å². The molecule has 5 N–H and O–H groups in total. The quantitative estimate of drug-likeness (QED) is 0.176. The Hall–Kier alpha value is -5.24. The highest BCUT2D eigenvalue weighted by atomic mass is 16.5. The van der Waals surface area contributed by atoms with Gasteiger partial charge in [0.05, 0.1) is 22.6 Å². The first kappa shape index (κ1) is 24.5. The second kappa shape index (κ2) is 9.67. The molecule has 0 fully saturated rings. The number of allylic oxidation sites excluding steroid dienone is 1. The molecule has 0 bridgehead atoms. The van der Waals surface area contributed by atoms with Crippen molar-refractivity contribution < 1.29 is 39.9 Å². The van der Waals surface area contributed by atoms with Crippen LogP contribution in [0.15, 0.2) is 84.9 Å². The molecule has 2 atom stereocenters. The number of carbonyl (C=O) groups excluding carboxylic acids is 2. The fourth-order valence-electron chi connectivity index (χ4n) is 4.48. The standard InChI is InChI=1S/C30H22O8/c31-18-6-1-16(2-7-18)3-13-23(34)21-12-14-25-26(28(21)36)27(29(37)22-11-10-20(33)15-24(22)35)30(38-25)17-4-8-19(32)9-5-17/h1-15,27,30-33,35-36H/b13-3+/t27-,30-/m1/s1. The van der Waals surface area contributed by atoms with Crippen LogP contribution in [0.4, 0.5) is 0 Å². The highest BCUT2D eigenvalue weighted by Gasteiger charge is 2.44. The van der Waals surface area contributed by atoms with Gasteiger partial charge in [0, 0.05) is 6.07 Å². The minimum Gasteiger partial charge on any atom is -0.508 e. The average molecular weight is 510 g/mol. The number of fused-ring (bicyclic) bond motifs is 1. The number of hydrogen-bond donors (Lipinski definition) is 5. The van der Waals surface area contributed by atoms with Crippen LogP contribution < -0.4 is 4.74 Å². The van der Waals surface area contributed by atoms with Gasteiger partial charge in [-0.25, -0.2) is 0 Å². The smallest absolute Gasteiger partial charge is 0.189 e. The Morgan fingerprint density at radius 3 is 1.97 bits per heavy atom. The van der Waals surface area contributed by atoms with Gasteiger partial charge in [0.1, 0.15) is 40.6 Å². The lowest BCUT2D eigenvalue weighted by Gasteiger charge is -2.20. The molecular formula is C30H22O8. The monoisotopic (exact) mass is 510 g/mol. The summed E-state index contributed by atoms with van der Waals surface area (Å²) in [7, 11) is 0. The number of hydrogen-bond acceptors (Lipinski definition) is 8. The molecule has 190 valence electrons. The molecule has 0 saturated heterocycles. The fourth-order valence-corrected chi connectivity index (χ4v) is 4.48. The molecule has 4 aromatic carbocycles. The van der Waals surface area contributed by atoms with Crippen LogP contribution in [0.2, 0.25) is 0 Å². The largest absolute Gasteiger partial charge is 0.508 e. The summed E-state index contributed by atoms with van der Waals surface area (Å²) in [6.45, 7) is 0. The maximum Gasteiger partial charge on any atom is 0.189 e. The predicted molar refractivity (Wildman–Crippen MR) is 138 cm³/mol. The first-order valence-corrected chi connectivity index (χ1v) is 11.6. The van der Waals surface area contributed by atoms with Crippen LogP contribution in [0.1, 0.15) is 49.4 Å². The van der Waals surface area contributed by atoms with E-state index >= 15 is 0 Å². The first-order valence-electron chi connectivity index (χ1n) is 11.6. The van der Waals surface area contributed by atoms with Gasteiger partial charge in [-0.2, -0.15) is 0 Å². The van der Waals surface area contributed by atoms with Crippen molar-refractivity contribution in [2.24, 2.45) is 0 Å². The number of aromatic hydroxyl groups is 5. The van der Waals surface area contributed by atoms with Gasteiger partial charge < -0.3 is 30.3 Å². The number of Topliss-reactive ketones (excluding diaryl/α,β-unsaturated/α-hetero) is 1. The predicted octanol–water partition coefficient (Wildman–Crippen LogP) is 5.21. The SMILES string of the molecule is O=C(/C=C/c1ccc(O)cc1)c1ccc2c(c1O)[C@H](C(=O)c1ccc(O)cc1O)[C@@H](c1ccc(O)cc1)O2. The molecule has 8 heteroatoms. The highest BCUT2D eigenvalue weighted by molar-refractivity contribution is 6.10. The van der Waals surface area contributed by atoms with Crippen molar-refractivity contribution in [1.29, 1.82) is 0 Å². The molecule has 8 nitrogen and oxygen atoms in total. The fraction of sp³-hybridized carbons (Fsp3) is 0.0667. The zero-order chi connectivity index (χ0) is 27.0. The van der Waals surface area contributed by atoms with E-state index in [1.165, 1.54) is 60.7 Å². The van der Waals surface area contributed by atoms with Crippen molar-refractivity contribution in [2.45, 2.75) is 12.0 Å². The second-order valence-electron chi connectivity index (χ2n) is 8.84. The maximum atomic E-state index is 13.8. The highest BCUT2D eigenvalue weighted by Crippen LogP contribution is 2.52. The van der Waals surface area contributed by atoms with Crippen molar-refractivity contribution in [2.75, 3.05) is 0 Å². The maximum absolute atomic E-state index is 13.8. The minimum absolute atomic E-state index is 0.0134. The van der Waals surface area contributed by atoms with E-state index in [9.17, 15) is 35.1 Å². The molecule has 4 aromatic rings. The third kappa shape index (κ3) is 4.51. The van der Waals surface area contributed by atoms with E-state index in [1.54, 1.807) is 24.3 Å². The number of rotatable bonds is 6. The Bertz CT molecular complexity index is 1570. The van der Waals surface area contributed by atoms with Gasteiger partial charge in [0.2, 0.25) is 0 Å². The first-order chi connectivity index (χ1) is 18.2. The second-order valence-corrected chi connectivity index (χ2v) is 8.84. The molecule has 0 spiro atoms. The lowest BCUT2D eigenvalue weighted by Crippen LogP contribution is -2.19. The number of phenolic OH excluding ortho intramolecular Hbond substituents is 5. The van der Waals surface area contributed by atoms with E-state index < -0.39 is 35.1 Å². The number of benzene rings is 4. The van der Waals surface area contributed by atoms with E-state index in [0.717, 1.165) is 6.07 Å². The van der Waals surface area contributed by atoms with Gasteiger partial charge in [-0.1, -0.05) is 30.3 Å². The minimum atomic E-state index is -1.15. The lowest BCUT2D eigenvalue weighted by atomic mass is 9.83. The van der Waals surface area contributed by atoms with Gasteiger partial charge in [-0.15, -0.1) is 0 Å². The summed E-state index contributed by atoms with van der Waals surface area (Å²) < 4.78 is 6.06. The van der Waals surface area contributed by atoms with Crippen LogP contribution in [-0.4, -0.2) is 37.1 Å². The van der Waals surface area contributed by atoms with Gasteiger partial charge in [-0.05, 0) is 65.7 Å². The summed E-state index contributed by atoms with van der Waals surface area (Å²) >= 11 is 0. The van der Waals surface area contributed by atoms with Crippen molar-refractivity contribution in [1.82, 2.24) is 0 Å². The van der Waals surface area contributed by atoms with Gasteiger partial charge in [-0.3, -0.25) is 9.59 Å². The van der Waals surface area contributed by atoms with Crippen molar-refractivity contribution >= 4 is 17.6 Å². The van der Waals surface area contributed by atoms with Crippen molar-refractivity contribution in [3.63, 3.8) is 0 Å². The van der Waals surface area contributed by atoms with Crippen molar-refractivity contribution in [3.05, 3.63) is 113 Å². The molecular weight excluding hydrogens is 488 g/mol. The third-order valence-corrected chi connectivity index (χ3v) is 6.38. The molecule has 5 rings (SSSR count). The normalized spacial score (nSPS) is 16.2. The van der Waals surface area contributed by atoms with Crippen LogP contribution >= 0.6 is 0 Å². The Morgan fingerprint density at radius 2 is 1.32 bits per heavy atom. The summed E-state index contributed by atoms with van der Waals surface area (Å²) in [6.07, 6.45) is 1.86. The van der Waals surface area contributed by atoms with E-state index in [2.05, 4.69) is 0 Å². The van der Waals surface area contributed by atoms with Crippen LogP contribution in [-0.2, 0) is 0 Å². The number of carbonyl (C=O) groups is 2. The zero-order valence-electron chi connectivity index (χ0n) is 19.8. The Labute approximate surface area is 217 Å². The molecule has 0 saturated carbocycles. The summed E-state index contributed by atoms with van der Waals surface area (Å²) in [5, 5.41) is 50.4. The van der Waals surface area contributed by atoms with Crippen LogP contribution in [0, 0.1) is 0 Å². The third-order valence-electron chi connectivity index (χ3n) is 6.38. The van der Waals surface area contributed by atoms with Crippen LogP contribution in [0.3, 0.4) is 0 Å². The Kier molecular flexibility index (Phi) is 6.22. The van der Waals surface area contributed by atoms with E-state index in [1.807, 2.05) is 0 Å². The molecule has 0 aliphatic carbocycles. The summed E-state index contributed by atoms with van der Waals surface area (Å²) in [5.41, 5.74) is 1.11. The topological polar surface area (TPSA) is 145 Å². The molecule has 0 amide bonds. The number of ketones is 2. The molecule has 0 unspecified atom stereocenters.